The van der Waals surface area contributed by atoms with Crippen molar-refractivity contribution in [2.75, 3.05) is 20.0 Å². The van der Waals surface area contributed by atoms with Crippen molar-refractivity contribution in [1.82, 2.24) is 0 Å². The minimum Gasteiger partial charge on any atom is -0.493 e. The molecule has 0 radical (unpaired) electrons. The Balaban J connectivity index is 0.000000671. The van der Waals surface area contributed by atoms with Crippen LogP contribution in [0.1, 0.15) is 13.8 Å². The molecule has 13 heavy (non-hydrogen) atoms. The Morgan fingerprint density at radius 3 is 2.00 bits per heavy atom. The Labute approximate surface area is 79.5 Å². The number of hydrogen-bond acceptors (Lipinski definition) is 3. The van der Waals surface area contributed by atoms with Gasteiger partial charge in [0.2, 0.25) is 0 Å². The van der Waals surface area contributed by atoms with Crippen LogP contribution in [0.15, 0.2) is 18.2 Å². The van der Waals surface area contributed by atoms with Crippen LogP contribution < -0.4 is 15.2 Å². The zero-order valence-corrected chi connectivity index (χ0v) is 8.63. The van der Waals surface area contributed by atoms with E-state index in [9.17, 15) is 0 Å². The Morgan fingerprint density at radius 1 is 1.00 bits per heavy atom. The fourth-order valence-electron chi connectivity index (χ4n) is 0.853. The molecule has 0 unspecified atom stereocenters. The number of nitrogens with two attached hydrogens (primary N) is 1. The maximum atomic E-state index is 5.52. The minimum absolute atomic E-state index is 0.660. The topological polar surface area (TPSA) is 44.5 Å². The van der Waals surface area contributed by atoms with Crippen molar-refractivity contribution < 1.29 is 9.47 Å². The predicted molar refractivity (Wildman–Crippen MR) is 55.3 cm³/mol. The lowest BCUT2D eigenvalue weighted by atomic mass is 10.3. The second kappa shape index (κ2) is 6.17. The van der Waals surface area contributed by atoms with Crippen molar-refractivity contribution in [3.05, 3.63) is 18.2 Å². The summed E-state index contributed by atoms with van der Waals surface area (Å²) < 4.78 is 10.0. The predicted octanol–water partition coefficient (Wildman–Crippen LogP) is 2.31. The second-order valence-corrected chi connectivity index (χ2v) is 2.11. The summed E-state index contributed by atoms with van der Waals surface area (Å²) in [4.78, 5) is 0. The third-order valence-corrected chi connectivity index (χ3v) is 1.41. The van der Waals surface area contributed by atoms with E-state index in [2.05, 4.69) is 0 Å². The first-order valence-corrected chi connectivity index (χ1v) is 4.25. The fraction of sp³-hybridized carbons (Fsp3) is 0.400. The molecule has 74 valence electrons. The number of hydrogen-bond donors (Lipinski definition) is 1. The molecule has 0 saturated carbocycles. The van der Waals surface area contributed by atoms with Crippen molar-refractivity contribution in [1.29, 1.82) is 0 Å². The van der Waals surface area contributed by atoms with E-state index in [4.69, 9.17) is 15.2 Å². The molecule has 3 heteroatoms. The van der Waals surface area contributed by atoms with Gasteiger partial charge in [-0.15, -0.1) is 0 Å². The van der Waals surface area contributed by atoms with Crippen LogP contribution in [0.2, 0.25) is 0 Å². The minimum atomic E-state index is 0.660. The van der Waals surface area contributed by atoms with Gasteiger partial charge in [-0.1, -0.05) is 13.8 Å². The molecular formula is C10H17NO2. The van der Waals surface area contributed by atoms with Crippen molar-refractivity contribution in [3.63, 3.8) is 0 Å². The molecule has 0 heterocycles. The van der Waals surface area contributed by atoms with E-state index >= 15 is 0 Å². The summed E-state index contributed by atoms with van der Waals surface area (Å²) in [6.45, 7) is 4.00. The molecule has 0 atom stereocenters. The molecule has 0 aliphatic carbocycles. The van der Waals surface area contributed by atoms with E-state index in [0.29, 0.717) is 17.2 Å². The van der Waals surface area contributed by atoms with Crippen molar-refractivity contribution >= 4 is 5.69 Å². The first-order valence-electron chi connectivity index (χ1n) is 4.25. The summed E-state index contributed by atoms with van der Waals surface area (Å²) in [7, 11) is 3.17. The van der Waals surface area contributed by atoms with Gasteiger partial charge in [0.25, 0.3) is 0 Å². The van der Waals surface area contributed by atoms with Crippen LogP contribution in [-0.4, -0.2) is 14.2 Å². The number of benzene rings is 1. The number of rotatable bonds is 2. The average Bonchev–Trinajstić information content (AvgIpc) is 2.20. The SMILES string of the molecule is CC.COc1ccc(N)cc1OC. The smallest absolute Gasteiger partial charge is 0.162 e. The number of anilines is 1. The molecule has 1 aromatic carbocycles. The third-order valence-electron chi connectivity index (χ3n) is 1.41. The lowest BCUT2D eigenvalue weighted by Crippen LogP contribution is -1.92. The van der Waals surface area contributed by atoms with E-state index in [1.54, 1.807) is 32.4 Å². The fourth-order valence-corrected chi connectivity index (χ4v) is 0.853. The monoisotopic (exact) mass is 183 g/mol. The van der Waals surface area contributed by atoms with Crippen LogP contribution in [0.25, 0.3) is 0 Å². The quantitative estimate of drug-likeness (QED) is 0.715. The first kappa shape index (κ1) is 11.6. The van der Waals surface area contributed by atoms with Gasteiger partial charge in [-0.05, 0) is 12.1 Å². The highest BCUT2D eigenvalue weighted by atomic mass is 16.5. The summed E-state index contributed by atoms with van der Waals surface area (Å²) in [6.07, 6.45) is 0. The number of nitrogen functional groups attached to an aromatic ring is 1. The van der Waals surface area contributed by atoms with Crippen molar-refractivity contribution in [2.24, 2.45) is 0 Å². The molecule has 0 aromatic heterocycles. The summed E-state index contributed by atoms with van der Waals surface area (Å²) in [5.41, 5.74) is 6.19. The van der Waals surface area contributed by atoms with E-state index in [-0.39, 0.29) is 0 Å². The van der Waals surface area contributed by atoms with Gasteiger partial charge in [0.1, 0.15) is 0 Å². The highest BCUT2D eigenvalue weighted by molar-refractivity contribution is 5.51. The molecule has 2 N–H and O–H groups in total. The number of methoxy groups -OCH3 is 2. The summed E-state index contributed by atoms with van der Waals surface area (Å²) >= 11 is 0. The number of ether oxygens (including phenoxy) is 2. The highest BCUT2D eigenvalue weighted by Gasteiger charge is 2.00. The Morgan fingerprint density at radius 2 is 1.54 bits per heavy atom. The van der Waals surface area contributed by atoms with Crippen LogP contribution >= 0.6 is 0 Å². The third kappa shape index (κ3) is 3.23. The maximum absolute atomic E-state index is 5.52. The molecule has 1 rings (SSSR count). The molecule has 0 saturated heterocycles. The standard InChI is InChI=1S/C8H11NO2.C2H6/c1-10-7-4-3-6(9)5-8(7)11-2;1-2/h3-5H,9H2,1-2H3;1-2H3. The lowest BCUT2D eigenvalue weighted by molar-refractivity contribution is 0.355. The van der Waals surface area contributed by atoms with Gasteiger partial charge in [0.05, 0.1) is 14.2 Å². The van der Waals surface area contributed by atoms with Gasteiger partial charge >= 0.3 is 0 Å². The summed E-state index contributed by atoms with van der Waals surface area (Å²) in [5, 5.41) is 0. The Kier molecular flexibility index (Phi) is 5.52. The van der Waals surface area contributed by atoms with Gasteiger partial charge in [0.15, 0.2) is 11.5 Å². The zero-order valence-electron chi connectivity index (χ0n) is 8.63. The van der Waals surface area contributed by atoms with Gasteiger partial charge in [-0.3, -0.25) is 0 Å². The van der Waals surface area contributed by atoms with Gasteiger partial charge < -0.3 is 15.2 Å². The van der Waals surface area contributed by atoms with Crippen molar-refractivity contribution in [3.8, 4) is 11.5 Å². The van der Waals surface area contributed by atoms with E-state index in [1.807, 2.05) is 13.8 Å². The maximum Gasteiger partial charge on any atom is 0.162 e. The molecule has 0 fully saturated rings. The van der Waals surface area contributed by atoms with Crippen LogP contribution in [0.5, 0.6) is 11.5 Å². The van der Waals surface area contributed by atoms with Gasteiger partial charge in [-0.2, -0.15) is 0 Å². The molecular weight excluding hydrogens is 166 g/mol. The van der Waals surface area contributed by atoms with Gasteiger partial charge in [-0.25, -0.2) is 0 Å². The van der Waals surface area contributed by atoms with Crippen LogP contribution in [0, 0.1) is 0 Å². The summed E-state index contributed by atoms with van der Waals surface area (Å²) in [6, 6.07) is 5.26. The van der Waals surface area contributed by atoms with Crippen LogP contribution in [-0.2, 0) is 0 Å². The zero-order chi connectivity index (χ0) is 10.3. The molecule has 0 amide bonds. The first-order chi connectivity index (χ1) is 6.27. The second-order valence-electron chi connectivity index (χ2n) is 2.11. The molecule has 0 aliphatic rings. The van der Waals surface area contributed by atoms with E-state index in [1.165, 1.54) is 0 Å². The lowest BCUT2D eigenvalue weighted by Gasteiger charge is -2.06. The van der Waals surface area contributed by atoms with Crippen LogP contribution in [0.4, 0.5) is 5.69 Å². The van der Waals surface area contributed by atoms with E-state index in [0.717, 1.165) is 0 Å². The Bertz CT molecular complexity index is 249. The largest absolute Gasteiger partial charge is 0.493 e. The molecule has 0 spiro atoms. The van der Waals surface area contributed by atoms with Crippen LogP contribution in [0.3, 0.4) is 0 Å². The van der Waals surface area contributed by atoms with Gasteiger partial charge in [0, 0.05) is 11.8 Å². The van der Waals surface area contributed by atoms with Crippen molar-refractivity contribution in [2.45, 2.75) is 13.8 Å². The molecule has 0 aliphatic heterocycles. The molecule has 3 nitrogen and oxygen atoms in total. The molecule has 1 aromatic rings. The van der Waals surface area contributed by atoms with E-state index < -0.39 is 0 Å². The Hall–Kier alpha value is -1.38. The highest BCUT2D eigenvalue weighted by Crippen LogP contribution is 2.28. The summed E-state index contributed by atoms with van der Waals surface area (Å²) in [5.74, 6) is 1.36. The molecule has 0 bridgehead atoms. The average molecular weight is 183 g/mol. The normalized spacial score (nSPS) is 8.31.